The predicted molar refractivity (Wildman–Crippen MR) is 124 cm³/mol. The van der Waals surface area contributed by atoms with Crippen molar-refractivity contribution >= 4 is 32.9 Å². The van der Waals surface area contributed by atoms with Gasteiger partial charge in [0.1, 0.15) is 10.8 Å². The summed E-state index contributed by atoms with van der Waals surface area (Å²) >= 11 is 0.866. The van der Waals surface area contributed by atoms with Gasteiger partial charge in [-0.05, 0) is 55.7 Å². The Morgan fingerprint density at radius 2 is 1.94 bits per heavy atom. The molecule has 0 spiro atoms. The molecule has 0 N–H and O–H groups in total. The van der Waals surface area contributed by atoms with E-state index < -0.39 is 20.9 Å². The van der Waals surface area contributed by atoms with E-state index in [1.165, 1.54) is 0 Å². The van der Waals surface area contributed by atoms with Gasteiger partial charge >= 0.3 is 0 Å². The van der Waals surface area contributed by atoms with E-state index >= 15 is 0 Å². The number of nitrogens with zero attached hydrogens (tertiary/aromatic N) is 2. The lowest BCUT2D eigenvalue weighted by molar-refractivity contribution is -0.130. The highest BCUT2D eigenvalue weighted by Crippen LogP contribution is 2.36. The third-order valence-corrected chi connectivity index (χ3v) is 9.55. The highest BCUT2D eigenvalue weighted by molar-refractivity contribution is 7.92. The molecule has 0 bridgehead atoms. The zero-order valence-corrected chi connectivity index (χ0v) is 20.3. The molecule has 1 amide bonds. The number of ketones is 1. The first-order valence-electron chi connectivity index (χ1n) is 11.5. The molecule has 178 valence electrons. The van der Waals surface area contributed by atoms with E-state index in [0.29, 0.717) is 48.7 Å². The number of likely N-dealkylation sites (tertiary alicyclic amines) is 1. The fraction of sp³-hybridized carbons (Fsp3) is 0.542. The predicted octanol–water partition coefficient (Wildman–Crippen LogP) is 4.15. The lowest BCUT2D eigenvalue weighted by Gasteiger charge is -2.21. The van der Waals surface area contributed by atoms with Crippen molar-refractivity contribution < 1.29 is 22.4 Å². The number of rotatable bonds is 10. The molecule has 4 rings (SSSR count). The van der Waals surface area contributed by atoms with Crippen LogP contribution in [-0.4, -0.2) is 48.3 Å². The van der Waals surface area contributed by atoms with Crippen molar-refractivity contribution in [3.8, 4) is 0 Å². The molecule has 9 heteroatoms. The van der Waals surface area contributed by atoms with Crippen molar-refractivity contribution in [3.05, 3.63) is 46.2 Å². The highest BCUT2D eigenvalue weighted by Gasteiger charge is 2.37. The topological polar surface area (TPSA) is 84.4 Å². The van der Waals surface area contributed by atoms with Gasteiger partial charge in [-0.25, -0.2) is 13.4 Å². The first-order chi connectivity index (χ1) is 15.8. The molecule has 6 nitrogen and oxygen atoms in total. The highest BCUT2D eigenvalue weighted by atomic mass is 32.2. The summed E-state index contributed by atoms with van der Waals surface area (Å²) in [7, 11) is -3.30. The molecule has 0 unspecified atom stereocenters. The Bertz CT molecular complexity index is 1110. The van der Waals surface area contributed by atoms with Crippen molar-refractivity contribution in [2.24, 2.45) is 5.92 Å². The van der Waals surface area contributed by atoms with E-state index in [4.69, 9.17) is 0 Å². The summed E-state index contributed by atoms with van der Waals surface area (Å²) < 4.78 is 38.5. The van der Waals surface area contributed by atoms with Crippen LogP contribution in [-0.2, 0) is 25.8 Å². The smallest absolute Gasteiger partial charge is 0.222 e. The van der Waals surface area contributed by atoms with E-state index in [1.807, 2.05) is 11.8 Å². The Hall–Kier alpha value is -2.13. The average Bonchev–Trinajstić information content (AvgIpc) is 3.43. The van der Waals surface area contributed by atoms with Crippen LogP contribution in [0.5, 0.6) is 0 Å². The fourth-order valence-electron chi connectivity index (χ4n) is 4.51. The van der Waals surface area contributed by atoms with Crippen LogP contribution in [0.4, 0.5) is 4.39 Å². The number of hydrogen-bond acceptors (Lipinski definition) is 6. The van der Waals surface area contributed by atoms with Crippen LogP contribution in [0, 0.1) is 11.0 Å². The first kappa shape index (κ1) is 24.0. The molecule has 1 aromatic carbocycles. The molecule has 33 heavy (non-hydrogen) atoms. The summed E-state index contributed by atoms with van der Waals surface area (Å²) in [5.41, 5.74) is 0.755. The van der Waals surface area contributed by atoms with E-state index in [1.54, 1.807) is 24.3 Å². The fourth-order valence-corrected chi connectivity index (χ4v) is 6.82. The molecule has 2 aromatic rings. The summed E-state index contributed by atoms with van der Waals surface area (Å²) in [6.07, 6.45) is 5.29. The molecule has 1 aliphatic heterocycles. The van der Waals surface area contributed by atoms with E-state index in [-0.39, 0.29) is 29.3 Å². The molecular formula is C24H29FN2O4S2. The molecule has 1 aromatic heterocycles. The molecule has 2 atom stereocenters. The summed E-state index contributed by atoms with van der Waals surface area (Å²) in [5.74, 6) is -0.195. The maximum absolute atomic E-state index is 13.4. The Labute approximate surface area is 198 Å². The van der Waals surface area contributed by atoms with E-state index in [2.05, 4.69) is 4.98 Å². The zero-order chi connectivity index (χ0) is 23.6. The summed E-state index contributed by atoms with van der Waals surface area (Å²) in [5, 5.41) is -0.280. The molecule has 1 aliphatic carbocycles. The minimum absolute atomic E-state index is 0.0343. The number of hydrogen-bond donors (Lipinski definition) is 0. The number of carbonyl (C=O) groups is 2. The standard InChI is InChI=1S/C24H29FN2O4S2/c1-2-3-24(29)27-11-10-16(15-27)12-20(21(28)13-23-26-14-22(25)32-23)17-4-6-18(7-5-17)33(30,31)19-8-9-19/h4-7,14,16,19-20H,2-3,8-13,15H2,1H3/t16-,20-/m1/s1. The number of sulfone groups is 1. The third-order valence-electron chi connectivity index (χ3n) is 6.49. The lowest BCUT2D eigenvalue weighted by Crippen LogP contribution is -2.28. The first-order valence-corrected chi connectivity index (χ1v) is 13.9. The number of halogens is 1. The normalized spacial score (nSPS) is 19.6. The second-order valence-corrected chi connectivity index (χ2v) is 12.3. The van der Waals surface area contributed by atoms with E-state index in [0.717, 1.165) is 35.9 Å². The molecule has 0 radical (unpaired) electrons. The monoisotopic (exact) mass is 492 g/mol. The maximum Gasteiger partial charge on any atom is 0.222 e. The molecule has 2 aliphatic rings. The molecule has 1 saturated carbocycles. The zero-order valence-electron chi connectivity index (χ0n) is 18.7. The van der Waals surface area contributed by atoms with Crippen LogP contribution in [0.15, 0.2) is 35.4 Å². The van der Waals surface area contributed by atoms with Crippen molar-refractivity contribution in [3.63, 3.8) is 0 Å². The minimum Gasteiger partial charge on any atom is -0.342 e. The van der Waals surface area contributed by atoms with Crippen molar-refractivity contribution in [2.45, 2.75) is 67.9 Å². The molecule has 1 saturated heterocycles. The number of carbonyl (C=O) groups excluding carboxylic acids is 2. The summed E-state index contributed by atoms with van der Waals surface area (Å²) in [6, 6.07) is 6.65. The van der Waals surface area contributed by atoms with Crippen LogP contribution in [0.2, 0.25) is 0 Å². The van der Waals surface area contributed by atoms with Crippen molar-refractivity contribution in [1.82, 2.24) is 9.88 Å². The summed E-state index contributed by atoms with van der Waals surface area (Å²) in [4.78, 5) is 31.7. The number of thiazole rings is 1. The average molecular weight is 493 g/mol. The number of Topliss-reactive ketones (excluding diaryl/α,β-unsaturated/α-hetero) is 1. The van der Waals surface area contributed by atoms with Crippen molar-refractivity contribution in [1.29, 1.82) is 0 Å². The Kier molecular flexibility index (Phi) is 7.28. The Morgan fingerprint density at radius 3 is 2.55 bits per heavy atom. The number of aromatic nitrogens is 1. The van der Waals surface area contributed by atoms with Crippen molar-refractivity contribution in [2.75, 3.05) is 13.1 Å². The second kappa shape index (κ2) is 10.0. The quantitative estimate of drug-likeness (QED) is 0.497. The van der Waals surface area contributed by atoms with Crippen LogP contribution in [0.1, 0.15) is 61.9 Å². The number of benzene rings is 1. The largest absolute Gasteiger partial charge is 0.342 e. The maximum atomic E-state index is 13.4. The van der Waals surface area contributed by atoms with Gasteiger partial charge in [-0.2, -0.15) is 4.39 Å². The van der Waals surface area contributed by atoms with Gasteiger partial charge in [0, 0.05) is 25.4 Å². The summed E-state index contributed by atoms with van der Waals surface area (Å²) in [6.45, 7) is 3.30. The van der Waals surface area contributed by atoms with Gasteiger partial charge in [0.15, 0.2) is 15.0 Å². The van der Waals surface area contributed by atoms with Crippen LogP contribution in [0.25, 0.3) is 0 Å². The second-order valence-electron chi connectivity index (χ2n) is 9.05. The Morgan fingerprint density at radius 1 is 1.21 bits per heavy atom. The van der Waals surface area contributed by atoms with Crippen LogP contribution >= 0.6 is 11.3 Å². The molecular weight excluding hydrogens is 463 g/mol. The van der Waals surface area contributed by atoms with Gasteiger partial charge in [0.25, 0.3) is 0 Å². The van der Waals surface area contributed by atoms with Gasteiger partial charge in [0.2, 0.25) is 5.91 Å². The minimum atomic E-state index is -3.30. The van der Waals surface area contributed by atoms with Gasteiger partial charge in [-0.3, -0.25) is 9.59 Å². The van der Waals surface area contributed by atoms with Gasteiger partial charge in [-0.1, -0.05) is 30.4 Å². The molecule has 2 heterocycles. The van der Waals surface area contributed by atoms with E-state index in [9.17, 15) is 22.4 Å². The number of amides is 1. The van der Waals surface area contributed by atoms with Gasteiger partial charge in [0.05, 0.1) is 22.8 Å². The van der Waals surface area contributed by atoms with Crippen LogP contribution < -0.4 is 0 Å². The molecule has 2 fully saturated rings. The van der Waals surface area contributed by atoms with Gasteiger partial charge in [-0.15, -0.1) is 0 Å². The Balaban J connectivity index is 1.52. The van der Waals surface area contributed by atoms with Gasteiger partial charge < -0.3 is 4.90 Å². The third kappa shape index (κ3) is 5.69. The lowest BCUT2D eigenvalue weighted by atomic mass is 9.84. The SMILES string of the molecule is CCCC(=O)N1CC[C@H](C[C@@H](C(=O)Cc2ncc(F)s2)c2ccc(S(=O)(=O)C3CC3)cc2)C1. The van der Waals surface area contributed by atoms with Crippen LogP contribution in [0.3, 0.4) is 0 Å².